The van der Waals surface area contributed by atoms with Crippen molar-refractivity contribution in [1.29, 1.82) is 0 Å². The molecular formula is C44H36N4O+2. The lowest BCUT2D eigenvalue weighted by Crippen LogP contribution is -2.75. The van der Waals surface area contributed by atoms with Gasteiger partial charge in [0.25, 0.3) is 11.5 Å². The van der Waals surface area contributed by atoms with Gasteiger partial charge in [-0.3, -0.25) is 0 Å². The van der Waals surface area contributed by atoms with Gasteiger partial charge in [-0.05, 0) is 76.6 Å². The predicted molar refractivity (Wildman–Crippen MR) is 193 cm³/mol. The van der Waals surface area contributed by atoms with Crippen molar-refractivity contribution in [3.8, 4) is 28.8 Å². The second-order valence-corrected chi connectivity index (χ2v) is 15.8. The summed E-state index contributed by atoms with van der Waals surface area (Å²) in [5.41, 5.74) is 15.8. The van der Waals surface area contributed by atoms with E-state index in [9.17, 15) is 0 Å². The molecule has 1 atom stereocenters. The average molecular weight is 637 g/mol. The summed E-state index contributed by atoms with van der Waals surface area (Å²) >= 11 is 0. The lowest BCUT2D eigenvalue weighted by molar-refractivity contribution is -0.938. The van der Waals surface area contributed by atoms with E-state index in [1.165, 1.54) is 89.5 Å². The van der Waals surface area contributed by atoms with E-state index in [0.717, 1.165) is 11.6 Å². The first-order chi connectivity index (χ1) is 23.7. The topological polar surface area (TPSA) is 25.2 Å². The molecule has 7 aromatic rings. The minimum absolute atomic E-state index is 0.223. The molecule has 5 aliphatic rings. The third-order valence-electron chi connectivity index (χ3n) is 12.4. The lowest BCUT2D eigenvalue weighted by Gasteiger charge is -2.48. The number of fused-ring (bicyclic) bond motifs is 8. The number of ether oxygens (including phenoxy) is 1. The van der Waals surface area contributed by atoms with Crippen molar-refractivity contribution < 1.29 is 13.9 Å². The smallest absolute Gasteiger partial charge is 0.378 e. The van der Waals surface area contributed by atoms with Gasteiger partial charge in [0.15, 0.2) is 11.3 Å². The Bertz CT molecular complexity index is 2750. The van der Waals surface area contributed by atoms with E-state index in [4.69, 9.17) is 4.74 Å². The second kappa shape index (κ2) is 8.06. The molecule has 0 saturated heterocycles. The first-order valence-corrected chi connectivity index (χ1v) is 17.8. The van der Waals surface area contributed by atoms with Crippen LogP contribution in [0, 0.1) is 0 Å². The standard InChI is InChI=1S/C44H36N4O/c1-23(2)25-18-34-35-19-26(24(3)4)21-38-48(35)44-39-33(16-11-17-36(39)49-38)45-32-15-10-8-13-29(32)43(5,6)30-22-28-27-12-7-9-14-31(27)46(37(20-25)47(34)44)41(28)40(44)42(30)45/h7-24H,1-6H3/q+2. The van der Waals surface area contributed by atoms with Crippen molar-refractivity contribution in [3.05, 3.63) is 130 Å². The molecule has 0 fully saturated rings. The zero-order valence-corrected chi connectivity index (χ0v) is 28.6. The molecule has 5 aliphatic heterocycles. The molecule has 3 aromatic heterocycles. The largest absolute Gasteiger partial charge is 0.404 e. The highest BCUT2D eigenvalue weighted by molar-refractivity contribution is 6.14. The summed E-state index contributed by atoms with van der Waals surface area (Å²) in [4.78, 5) is 2.57. The Balaban J connectivity index is 1.42. The first-order valence-electron chi connectivity index (χ1n) is 17.8. The summed E-state index contributed by atoms with van der Waals surface area (Å²) in [6, 6.07) is 37.0. The molecule has 0 aliphatic carbocycles. The van der Waals surface area contributed by atoms with Gasteiger partial charge in [0.2, 0.25) is 5.69 Å². The fourth-order valence-electron chi connectivity index (χ4n) is 10.2. The zero-order valence-electron chi connectivity index (χ0n) is 28.6. The Morgan fingerprint density at radius 2 is 1.37 bits per heavy atom. The first kappa shape index (κ1) is 26.5. The van der Waals surface area contributed by atoms with E-state index < -0.39 is 5.66 Å². The SMILES string of the molecule is CC(C)c1cc2[n+]3c(c1)-c1cc(C(C)C)cc4[n+]1C31c3c(cccc3N3c5ccccc5C(C)(C)c5cc6c7ccccc7n-4c6c1c53)O2. The maximum Gasteiger partial charge on any atom is 0.378 e. The van der Waals surface area contributed by atoms with Crippen LogP contribution in [0.15, 0.2) is 97.1 Å². The molecule has 8 heterocycles. The maximum absolute atomic E-state index is 7.10. The molecule has 4 aromatic carbocycles. The van der Waals surface area contributed by atoms with Crippen molar-refractivity contribution in [3.63, 3.8) is 0 Å². The fraction of sp³-hybridized carbons (Fsp3) is 0.227. The molecule has 12 rings (SSSR count). The molecular weight excluding hydrogens is 601 g/mol. The van der Waals surface area contributed by atoms with Crippen LogP contribution >= 0.6 is 0 Å². The highest BCUT2D eigenvalue weighted by Crippen LogP contribution is 2.65. The van der Waals surface area contributed by atoms with Gasteiger partial charge in [0.1, 0.15) is 16.6 Å². The highest BCUT2D eigenvalue weighted by atomic mass is 16.5. The highest BCUT2D eigenvalue weighted by Gasteiger charge is 2.73. The molecule has 5 heteroatoms. The van der Waals surface area contributed by atoms with E-state index in [2.05, 4.69) is 157 Å². The van der Waals surface area contributed by atoms with Crippen molar-refractivity contribution >= 4 is 38.9 Å². The number of pyridine rings is 2. The van der Waals surface area contributed by atoms with Crippen LogP contribution in [0.2, 0.25) is 0 Å². The van der Waals surface area contributed by atoms with E-state index >= 15 is 0 Å². The molecule has 0 saturated carbocycles. The summed E-state index contributed by atoms with van der Waals surface area (Å²) in [5.74, 6) is 3.78. The number of nitrogens with zero attached hydrogens (tertiary/aromatic N) is 4. The van der Waals surface area contributed by atoms with Crippen molar-refractivity contribution in [2.24, 2.45) is 0 Å². The molecule has 5 nitrogen and oxygen atoms in total. The third-order valence-corrected chi connectivity index (χ3v) is 12.4. The molecule has 0 amide bonds. The molecule has 0 bridgehead atoms. The molecule has 0 radical (unpaired) electrons. The molecule has 236 valence electrons. The Hall–Kier alpha value is -5.42. The Morgan fingerprint density at radius 1 is 0.653 bits per heavy atom. The van der Waals surface area contributed by atoms with E-state index in [1.54, 1.807) is 0 Å². The van der Waals surface area contributed by atoms with Crippen LogP contribution in [0.5, 0.6) is 11.6 Å². The van der Waals surface area contributed by atoms with E-state index in [1.807, 2.05) is 0 Å². The van der Waals surface area contributed by atoms with Crippen molar-refractivity contribution in [1.82, 2.24) is 4.57 Å². The van der Waals surface area contributed by atoms with Gasteiger partial charge in [-0.25, -0.2) is 0 Å². The van der Waals surface area contributed by atoms with Crippen molar-refractivity contribution in [2.75, 3.05) is 4.90 Å². The van der Waals surface area contributed by atoms with Crippen LogP contribution in [0.25, 0.3) is 39.0 Å². The van der Waals surface area contributed by atoms with Gasteiger partial charge in [0, 0.05) is 28.3 Å². The Labute approximate surface area is 285 Å². The predicted octanol–water partition coefficient (Wildman–Crippen LogP) is 9.73. The summed E-state index contributed by atoms with van der Waals surface area (Å²) in [5, 5.41) is 2.61. The van der Waals surface area contributed by atoms with Crippen LogP contribution in [0.4, 0.5) is 17.1 Å². The second-order valence-electron chi connectivity index (χ2n) is 15.8. The summed E-state index contributed by atoms with van der Waals surface area (Å²) in [7, 11) is 0. The number of rotatable bonds is 2. The number of hydrogen-bond acceptors (Lipinski definition) is 2. The summed E-state index contributed by atoms with van der Waals surface area (Å²) in [6.07, 6.45) is 0. The number of benzene rings is 4. The van der Waals surface area contributed by atoms with E-state index in [-0.39, 0.29) is 5.41 Å². The third kappa shape index (κ3) is 2.65. The van der Waals surface area contributed by atoms with Gasteiger partial charge >= 0.3 is 11.5 Å². The Morgan fingerprint density at radius 3 is 2.18 bits per heavy atom. The number of hydrogen-bond donors (Lipinski definition) is 0. The van der Waals surface area contributed by atoms with Gasteiger partial charge in [-0.1, -0.05) is 77.9 Å². The average Bonchev–Trinajstić information content (AvgIpc) is 3.59. The number of anilines is 3. The minimum Gasteiger partial charge on any atom is -0.404 e. The Kier molecular flexibility index (Phi) is 4.36. The van der Waals surface area contributed by atoms with Gasteiger partial charge in [0.05, 0.1) is 23.1 Å². The van der Waals surface area contributed by atoms with Gasteiger partial charge in [-0.2, -0.15) is 4.57 Å². The molecule has 49 heavy (non-hydrogen) atoms. The monoisotopic (exact) mass is 636 g/mol. The quantitative estimate of drug-likeness (QED) is 0.177. The van der Waals surface area contributed by atoms with Gasteiger partial charge < -0.3 is 9.64 Å². The molecule has 1 unspecified atom stereocenters. The van der Waals surface area contributed by atoms with Crippen LogP contribution < -0.4 is 18.8 Å². The fourth-order valence-corrected chi connectivity index (χ4v) is 10.2. The van der Waals surface area contributed by atoms with Crippen LogP contribution in [-0.2, 0) is 11.1 Å². The summed E-state index contributed by atoms with van der Waals surface area (Å²) < 4.78 is 14.9. The van der Waals surface area contributed by atoms with Crippen LogP contribution in [0.1, 0.15) is 86.8 Å². The lowest BCUT2D eigenvalue weighted by atomic mass is 9.68. The minimum atomic E-state index is -0.669. The molecule has 0 N–H and O–H groups in total. The zero-order chi connectivity index (χ0) is 32.9. The van der Waals surface area contributed by atoms with Crippen LogP contribution in [-0.4, -0.2) is 4.57 Å². The number of para-hydroxylation sites is 2. The van der Waals surface area contributed by atoms with Gasteiger partial charge in [-0.15, -0.1) is 9.13 Å². The van der Waals surface area contributed by atoms with Crippen LogP contribution in [0.3, 0.4) is 0 Å². The van der Waals surface area contributed by atoms with E-state index in [0.29, 0.717) is 11.8 Å². The maximum atomic E-state index is 7.10. The molecule has 1 spiro atoms. The normalized spacial score (nSPS) is 18.7. The number of aromatic nitrogens is 3. The van der Waals surface area contributed by atoms with Crippen molar-refractivity contribution in [2.45, 2.75) is 64.5 Å². The summed E-state index contributed by atoms with van der Waals surface area (Å²) in [6.45, 7) is 14.0.